The van der Waals surface area contributed by atoms with E-state index in [0.29, 0.717) is 18.3 Å². The molecule has 0 spiro atoms. The number of hydrogen-bond acceptors (Lipinski definition) is 5. The Balaban J connectivity index is 2.10. The minimum Gasteiger partial charge on any atom is -0.444 e. The number of rotatable bonds is 3. The molecule has 2 heterocycles. The molecular weight excluding hydrogens is 232 g/mol. The van der Waals surface area contributed by atoms with E-state index >= 15 is 0 Å². The molecule has 0 unspecified atom stereocenters. The van der Waals surface area contributed by atoms with Gasteiger partial charge in [0, 0.05) is 0 Å². The zero-order valence-corrected chi connectivity index (χ0v) is 9.21. The Labute approximate surface area is 95.7 Å². The highest BCUT2D eigenvalue weighted by Crippen LogP contribution is 2.13. The molecule has 0 atom stereocenters. The smallest absolute Gasteiger partial charge is 0.271 e. The molecule has 0 radical (unpaired) electrons. The second kappa shape index (κ2) is 4.36. The van der Waals surface area contributed by atoms with Crippen LogP contribution in [0.2, 0.25) is 5.02 Å². The van der Waals surface area contributed by atoms with Gasteiger partial charge >= 0.3 is 0 Å². The molecule has 0 aromatic carbocycles. The fourth-order valence-corrected chi connectivity index (χ4v) is 1.32. The van der Waals surface area contributed by atoms with Crippen LogP contribution in [0.4, 0.5) is 5.82 Å². The average Bonchev–Trinajstić information content (AvgIpc) is 2.67. The van der Waals surface area contributed by atoms with E-state index in [4.69, 9.17) is 16.0 Å². The van der Waals surface area contributed by atoms with Crippen molar-refractivity contribution in [3.05, 3.63) is 39.6 Å². The Morgan fingerprint density at radius 1 is 1.56 bits per heavy atom. The summed E-state index contributed by atoms with van der Waals surface area (Å²) >= 11 is 5.74. The number of aryl methyl sites for hydroxylation is 1. The summed E-state index contributed by atoms with van der Waals surface area (Å²) in [7, 11) is 0. The number of aromatic amines is 1. The number of anilines is 1. The summed E-state index contributed by atoms with van der Waals surface area (Å²) in [5.41, 5.74) is -0.386. The summed E-state index contributed by atoms with van der Waals surface area (Å²) < 4.78 is 5.24. The lowest BCUT2D eigenvalue weighted by atomic mass is 10.5. The Bertz CT molecular complexity index is 548. The van der Waals surface area contributed by atoms with Crippen LogP contribution in [0.5, 0.6) is 0 Å². The van der Waals surface area contributed by atoms with Gasteiger partial charge in [-0.3, -0.25) is 4.79 Å². The van der Waals surface area contributed by atoms with Gasteiger partial charge in [0.05, 0.1) is 19.1 Å². The highest BCUT2D eigenvalue weighted by Gasteiger charge is 2.06. The highest BCUT2D eigenvalue weighted by molar-refractivity contribution is 6.32. The van der Waals surface area contributed by atoms with Gasteiger partial charge in [-0.1, -0.05) is 11.6 Å². The number of nitrogens with one attached hydrogen (secondary N) is 2. The molecule has 0 aliphatic heterocycles. The van der Waals surface area contributed by atoms with Crippen molar-refractivity contribution in [1.29, 1.82) is 0 Å². The van der Waals surface area contributed by atoms with E-state index in [-0.39, 0.29) is 10.6 Å². The lowest BCUT2D eigenvalue weighted by molar-refractivity contribution is 0.479. The van der Waals surface area contributed by atoms with Crippen LogP contribution in [0.3, 0.4) is 0 Å². The van der Waals surface area contributed by atoms with Crippen LogP contribution in [-0.2, 0) is 6.54 Å². The first kappa shape index (κ1) is 10.7. The maximum Gasteiger partial charge on any atom is 0.271 e. The maximum absolute atomic E-state index is 11.1. The summed E-state index contributed by atoms with van der Waals surface area (Å²) in [5.74, 6) is 1.54. The molecular formula is C9H9ClN4O2. The third-order valence-corrected chi connectivity index (χ3v) is 2.22. The molecule has 0 bridgehead atoms. The van der Waals surface area contributed by atoms with Gasteiger partial charge in [0.25, 0.3) is 5.56 Å². The number of halogens is 1. The third-order valence-electron chi connectivity index (χ3n) is 1.87. The second-order valence-electron chi connectivity index (χ2n) is 3.11. The minimum atomic E-state index is -0.386. The van der Waals surface area contributed by atoms with E-state index in [0.717, 1.165) is 5.76 Å². The van der Waals surface area contributed by atoms with Crippen molar-refractivity contribution in [3.8, 4) is 0 Å². The molecule has 0 aliphatic rings. The lowest BCUT2D eigenvalue weighted by Crippen LogP contribution is -2.11. The highest BCUT2D eigenvalue weighted by atomic mass is 35.5. The van der Waals surface area contributed by atoms with Crippen molar-refractivity contribution < 1.29 is 4.42 Å². The molecule has 0 fully saturated rings. The largest absolute Gasteiger partial charge is 0.444 e. The lowest BCUT2D eigenvalue weighted by Gasteiger charge is -2.03. The SMILES string of the molecule is Cc1cnc(CNc2nc[nH]c(=O)c2Cl)o1. The predicted octanol–water partition coefficient (Wildman–Crippen LogP) is 1.33. The van der Waals surface area contributed by atoms with Crippen LogP contribution in [0.15, 0.2) is 21.7 Å². The molecule has 16 heavy (non-hydrogen) atoms. The van der Waals surface area contributed by atoms with Crippen LogP contribution in [0.25, 0.3) is 0 Å². The summed E-state index contributed by atoms with van der Waals surface area (Å²) in [6, 6.07) is 0. The van der Waals surface area contributed by atoms with Crippen LogP contribution in [-0.4, -0.2) is 15.0 Å². The topological polar surface area (TPSA) is 83.8 Å². The van der Waals surface area contributed by atoms with E-state index in [2.05, 4.69) is 20.3 Å². The van der Waals surface area contributed by atoms with Gasteiger partial charge in [-0.25, -0.2) is 9.97 Å². The van der Waals surface area contributed by atoms with Crippen LogP contribution < -0.4 is 10.9 Å². The van der Waals surface area contributed by atoms with Crippen molar-refractivity contribution in [2.45, 2.75) is 13.5 Å². The first-order chi connectivity index (χ1) is 7.66. The van der Waals surface area contributed by atoms with Crippen molar-refractivity contribution in [1.82, 2.24) is 15.0 Å². The third kappa shape index (κ3) is 2.22. The number of aromatic nitrogens is 3. The van der Waals surface area contributed by atoms with Crippen LogP contribution >= 0.6 is 11.6 Å². The molecule has 6 nitrogen and oxygen atoms in total. The van der Waals surface area contributed by atoms with Gasteiger partial charge in [-0.15, -0.1) is 0 Å². The van der Waals surface area contributed by atoms with E-state index in [1.54, 1.807) is 13.1 Å². The van der Waals surface area contributed by atoms with Gasteiger partial charge in [-0.2, -0.15) is 0 Å². The minimum absolute atomic E-state index is 0.0192. The molecule has 0 saturated carbocycles. The average molecular weight is 241 g/mol. The van der Waals surface area contributed by atoms with Gasteiger partial charge in [0.15, 0.2) is 5.82 Å². The fraction of sp³-hybridized carbons (Fsp3) is 0.222. The number of nitrogens with zero attached hydrogens (tertiary/aromatic N) is 2. The summed E-state index contributed by atoms with van der Waals surface area (Å²) in [6.07, 6.45) is 2.89. The second-order valence-corrected chi connectivity index (χ2v) is 3.49. The molecule has 7 heteroatoms. The Kier molecular flexibility index (Phi) is 2.91. The Morgan fingerprint density at radius 2 is 2.38 bits per heavy atom. The fourth-order valence-electron chi connectivity index (χ4n) is 1.15. The zero-order valence-electron chi connectivity index (χ0n) is 8.45. The molecule has 0 saturated heterocycles. The van der Waals surface area contributed by atoms with Gasteiger partial charge in [0.1, 0.15) is 10.8 Å². The van der Waals surface area contributed by atoms with Crippen LogP contribution in [0, 0.1) is 6.92 Å². The molecule has 0 aliphatic carbocycles. The van der Waals surface area contributed by atoms with Crippen molar-refractivity contribution in [2.75, 3.05) is 5.32 Å². The predicted molar refractivity (Wildman–Crippen MR) is 58.4 cm³/mol. The van der Waals surface area contributed by atoms with E-state index < -0.39 is 0 Å². The monoisotopic (exact) mass is 240 g/mol. The van der Waals surface area contributed by atoms with Gasteiger partial charge < -0.3 is 14.7 Å². The summed E-state index contributed by atoms with van der Waals surface area (Å²) in [4.78, 5) is 21.4. The number of H-pyrrole nitrogens is 1. The Hall–Kier alpha value is -1.82. The Morgan fingerprint density at radius 3 is 3.06 bits per heavy atom. The first-order valence-electron chi connectivity index (χ1n) is 4.55. The molecule has 0 amide bonds. The van der Waals surface area contributed by atoms with Crippen molar-refractivity contribution in [2.24, 2.45) is 0 Å². The first-order valence-corrected chi connectivity index (χ1v) is 4.93. The van der Waals surface area contributed by atoms with Crippen LogP contribution in [0.1, 0.15) is 11.7 Å². The standard InChI is InChI=1S/C9H9ClN4O2/c1-5-2-11-6(16-5)3-12-8-7(10)9(15)14-4-13-8/h2,4H,3H2,1H3,(H2,12,13,14,15). The molecule has 2 aromatic rings. The number of oxazole rings is 1. The van der Waals surface area contributed by atoms with E-state index in [1.807, 2.05) is 0 Å². The molecule has 2 N–H and O–H groups in total. The molecule has 2 rings (SSSR count). The maximum atomic E-state index is 11.1. The van der Waals surface area contributed by atoms with Crippen molar-refractivity contribution in [3.63, 3.8) is 0 Å². The van der Waals surface area contributed by atoms with E-state index in [1.165, 1.54) is 6.33 Å². The van der Waals surface area contributed by atoms with Gasteiger partial charge in [-0.05, 0) is 6.92 Å². The van der Waals surface area contributed by atoms with E-state index in [9.17, 15) is 4.79 Å². The zero-order chi connectivity index (χ0) is 11.5. The van der Waals surface area contributed by atoms with Crippen molar-refractivity contribution >= 4 is 17.4 Å². The summed E-state index contributed by atoms with van der Waals surface area (Å²) in [5, 5.41) is 2.88. The molecule has 84 valence electrons. The number of hydrogen-bond donors (Lipinski definition) is 2. The summed E-state index contributed by atoms with van der Waals surface area (Å²) in [6.45, 7) is 2.12. The van der Waals surface area contributed by atoms with Gasteiger partial charge in [0.2, 0.25) is 5.89 Å². The molecule has 2 aromatic heterocycles. The normalized spacial score (nSPS) is 10.4. The quantitative estimate of drug-likeness (QED) is 0.846.